The van der Waals surface area contributed by atoms with Gasteiger partial charge in [-0.2, -0.15) is 0 Å². The van der Waals surface area contributed by atoms with E-state index in [0.29, 0.717) is 6.04 Å². The van der Waals surface area contributed by atoms with Crippen LogP contribution in [0.5, 0.6) is 0 Å². The Hall–Kier alpha value is -0.0800. The van der Waals surface area contributed by atoms with Gasteiger partial charge in [-0.1, -0.05) is 0 Å². The summed E-state index contributed by atoms with van der Waals surface area (Å²) in [6, 6.07) is 0.538. The fourth-order valence-corrected chi connectivity index (χ4v) is 0.989. The highest BCUT2D eigenvalue weighted by Gasteiger charge is 2.06. The van der Waals surface area contributed by atoms with Gasteiger partial charge in [-0.25, -0.2) is 0 Å². The predicted molar refractivity (Wildman–Crippen MR) is 33.4 cm³/mol. The molecule has 0 atom stereocenters. The Bertz CT molecular complexity index is 57.5. The monoisotopic (exact) mass is 112 g/mol. The summed E-state index contributed by atoms with van der Waals surface area (Å²) in [5, 5.41) is 7.22. The van der Waals surface area contributed by atoms with E-state index in [1.165, 1.54) is 12.8 Å². The molecule has 0 aromatic carbocycles. The molecular weight excluding hydrogens is 100 g/mol. The number of nitrogens with zero attached hydrogens (tertiary/aromatic N) is 1. The molecule has 0 unspecified atom stereocenters. The van der Waals surface area contributed by atoms with Gasteiger partial charge in [-0.05, 0) is 32.0 Å². The van der Waals surface area contributed by atoms with Crippen molar-refractivity contribution in [1.29, 1.82) is 0 Å². The summed E-state index contributed by atoms with van der Waals surface area (Å²) in [4.78, 5) is 0. The number of hydrogen-bond acceptors (Lipinski definition) is 1. The Labute approximate surface area is 50.7 Å². The van der Waals surface area contributed by atoms with Crippen LogP contribution in [0.4, 0.5) is 0 Å². The molecule has 8 heavy (non-hydrogen) atoms. The standard InChI is InChI=1S/C6H12N2/c1-7-6-2-4-8-5-3-6/h6,8H,1-5H2/q-1. The lowest BCUT2D eigenvalue weighted by Gasteiger charge is -2.23. The summed E-state index contributed by atoms with van der Waals surface area (Å²) >= 11 is 0. The molecule has 0 saturated carbocycles. The number of nitrogens with one attached hydrogen (secondary N) is 1. The molecular formula is C6H12N2-. The fourth-order valence-electron chi connectivity index (χ4n) is 0.989. The Morgan fingerprint density at radius 3 is 2.38 bits per heavy atom. The lowest BCUT2D eigenvalue weighted by Crippen LogP contribution is -2.34. The minimum Gasteiger partial charge on any atom is -0.421 e. The van der Waals surface area contributed by atoms with Crippen LogP contribution in [-0.4, -0.2) is 19.1 Å². The molecule has 0 aromatic heterocycles. The molecule has 1 saturated heterocycles. The number of hydrogen-bond donors (Lipinski definition) is 1. The third-order valence-corrected chi connectivity index (χ3v) is 1.57. The van der Waals surface area contributed by atoms with Gasteiger partial charge in [0.2, 0.25) is 0 Å². The summed E-state index contributed by atoms with van der Waals surface area (Å²) in [5.74, 6) is 0. The second kappa shape index (κ2) is 3.05. The van der Waals surface area contributed by atoms with Crippen LogP contribution in [0.2, 0.25) is 0 Å². The van der Waals surface area contributed by atoms with Crippen LogP contribution in [0.3, 0.4) is 0 Å². The van der Waals surface area contributed by atoms with E-state index in [4.69, 9.17) is 0 Å². The molecule has 1 fully saturated rings. The highest BCUT2D eigenvalue weighted by Crippen LogP contribution is 2.01. The molecule has 2 nitrogen and oxygen atoms in total. The lowest BCUT2D eigenvalue weighted by atomic mass is 10.1. The molecule has 2 heteroatoms. The van der Waals surface area contributed by atoms with Crippen LogP contribution in [0.15, 0.2) is 0 Å². The van der Waals surface area contributed by atoms with Gasteiger partial charge in [0.05, 0.1) is 0 Å². The highest BCUT2D eigenvalue weighted by molar-refractivity contribution is 4.72. The van der Waals surface area contributed by atoms with Crippen LogP contribution in [0.25, 0.3) is 0 Å². The summed E-state index contributed by atoms with van der Waals surface area (Å²) in [5.41, 5.74) is 0. The fraction of sp³-hybridized carbons (Fsp3) is 0.833. The predicted octanol–water partition coefficient (Wildman–Crippen LogP) is 0.134. The van der Waals surface area contributed by atoms with E-state index < -0.39 is 0 Å². The van der Waals surface area contributed by atoms with E-state index in [1.54, 1.807) is 0 Å². The third-order valence-electron chi connectivity index (χ3n) is 1.57. The van der Waals surface area contributed by atoms with Gasteiger partial charge in [-0.15, -0.1) is 0 Å². The van der Waals surface area contributed by atoms with Crippen molar-refractivity contribution < 1.29 is 0 Å². The molecule has 1 heterocycles. The first kappa shape index (κ1) is 6.05. The molecule has 0 amide bonds. The van der Waals surface area contributed by atoms with Crippen molar-refractivity contribution in [3.63, 3.8) is 0 Å². The maximum atomic E-state index is 3.96. The zero-order valence-electron chi connectivity index (χ0n) is 5.06. The summed E-state index contributed by atoms with van der Waals surface area (Å²) < 4.78 is 0. The first-order chi connectivity index (χ1) is 3.93. The van der Waals surface area contributed by atoms with Crippen molar-refractivity contribution in [3.8, 4) is 0 Å². The minimum atomic E-state index is 0.538. The average Bonchev–Trinajstić information content (AvgIpc) is 1.90. The quantitative estimate of drug-likeness (QED) is 0.479. The molecule has 1 rings (SSSR count). The first-order valence-electron chi connectivity index (χ1n) is 3.10. The first-order valence-corrected chi connectivity index (χ1v) is 3.10. The van der Waals surface area contributed by atoms with E-state index in [-0.39, 0.29) is 0 Å². The lowest BCUT2D eigenvalue weighted by molar-refractivity contribution is 0.414. The third kappa shape index (κ3) is 1.46. The molecule has 0 bridgehead atoms. The maximum Gasteiger partial charge on any atom is -0.00345 e. The van der Waals surface area contributed by atoms with Gasteiger partial charge in [0.25, 0.3) is 0 Å². The van der Waals surface area contributed by atoms with Gasteiger partial charge in [0.1, 0.15) is 0 Å². The van der Waals surface area contributed by atoms with Crippen LogP contribution in [0, 0.1) is 7.05 Å². The van der Waals surface area contributed by atoms with Crippen molar-refractivity contribution in [3.05, 3.63) is 7.05 Å². The smallest absolute Gasteiger partial charge is 0.00345 e. The van der Waals surface area contributed by atoms with Gasteiger partial charge < -0.3 is 10.6 Å². The zero-order chi connectivity index (χ0) is 5.82. The molecule has 0 aromatic rings. The van der Waals surface area contributed by atoms with E-state index in [1.807, 2.05) is 0 Å². The molecule has 1 radical (unpaired) electrons. The Morgan fingerprint density at radius 2 is 2.00 bits per heavy atom. The van der Waals surface area contributed by atoms with Crippen molar-refractivity contribution >= 4 is 0 Å². The SMILES string of the molecule is [CH2-][N]C1CCNCC1. The van der Waals surface area contributed by atoms with Crippen LogP contribution in [-0.2, 0) is 0 Å². The second-order valence-electron chi connectivity index (χ2n) is 2.16. The largest absolute Gasteiger partial charge is 0.421 e. The Morgan fingerprint density at radius 1 is 1.38 bits per heavy atom. The summed E-state index contributed by atoms with van der Waals surface area (Å²) in [7, 11) is 3.51. The van der Waals surface area contributed by atoms with Crippen molar-refractivity contribution in [2.75, 3.05) is 13.1 Å². The van der Waals surface area contributed by atoms with Gasteiger partial charge in [0.15, 0.2) is 0 Å². The molecule has 0 spiro atoms. The Kier molecular flexibility index (Phi) is 2.30. The van der Waals surface area contributed by atoms with E-state index in [9.17, 15) is 0 Å². The van der Waals surface area contributed by atoms with Gasteiger partial charge >= 0.3 is 0 Å². The normalized spacial score (nSPS) is 23.6. The van der Waals surface area contributed by atoms with Crippen LogP contribution >= 0.6 is 0 Å². The van der Waals surface area contributed by atoms with E-state index in [0.717, 1.165) is 13.1 Å². The molecule has 1 aliphatic heterocycles. The summed E-state index contributed by atoms with van der Waals surface area (Å²) in [6.07, 6.45) is 2.34. The average molecular weight is 112 g/mol. The van der Waals surface area contributed by atoms with Crippen molar-refractivity contribution in [2.45, 2.75) is 18.9 Å². The molecule has 1 aliphatic rings. The minimum absolute atomic E-state index is 0.538. The topological polar surface area (TPSA) is 26.1 Å². The van der Waals surface area contributed by atoms with Crippen LogP contribution < -0.4 is 10.6 Å². The molecule has 47 valence electrons. The molecule has 1 N–H and O–H groups in total. The zero-order valence-corrected chi connectivity index (χ0v) is 5.06. The van der Waals surface area contributed by atoms with E-state index >= 15 is 0 Å². The van der Waals surface area contributed by atoms with Crippen molar-refractivity contribution in [2.24, 2.45) is 0 Å². The molecule has 0 aliphatic carbocycles. The van der Waals surface area contributed by atoms with Crippen molar-refractivity contribution in [1.82, 2.24) is 10.6 Å². The van der Waals surface area contributed by atoms with Gasteiger partial charge in [-0.3, -0.25) is 7.05 Å². The number of piperidine rings is 1. The second-order valence-corrected chi connectivity index (χ2v) is 2.16. The highest BCUT2D eigenvalue weighted by atomic mass is 14.9. The van der Waals surface area contributed by atoms with E-state index in [2.05, 4.69) is 17.7 Å². The Balaban J connectivity index is 2.13. The van der Waals surface area contributed by atoms with Crippen LogP contribution in [0.1, 0.15) is 12.8 Å². The van der Waals surface area contributed by atoms with Gasteiger partial charge in [0, 0.05) is 0 Å². The number of rotatable bonds is 1. The maximum absolute atomic E-state index is 3.96. The summed E-state index contributed by atoms with van der Waals surface area (Å²) in [6.45, 7) is 2.23.